The maximum Gasteiger partial charge on any atom is 0.254 e. The van der Waals surface area contributed by atoms with E-state index in [1.807, 2.05) is 4.90 Å². The van der Waals surface area contributed by atoms with Crippen molar-refractivity contribution in [3.63, 3.8) is 0 Å². The molecule has 1 aliphatic carbocycles. The number of hydrogen-bond donors (Lipinski definition) is 0. The lowest BCUT2D eigenvalue weighted by atomic mass is 9.91. The van der Waals surface area contributed by atoms with Gasteiger partial charge in [0.1, 0.15) is 0 Å². The predicted molar refractivity (Wildman–Crippen MR) is 70.6 cm³/mol. The minimum absolute atomic E-state index is 0.0162. The summed E-state index contributed by atoms with van der Waals surface area (Å²) in [5.41, 5.74) is 1.09. The van der Waals surface area contributed by atoms with Crippen molar-refractivity contribution in [2.75, 3.05) is 12.4 Å². The molecule has 94 valence electrons. The molecule has 0 aromatic heterocycles. The summed E-state index contributed by atoms with van der Waals surface area (Å²) in [6.45, 7) is 0.571. The molecule has 4 heteroatoms. The number of alkyl halides is 1. The van der Waals surface area contributed by atoms with Gasteiger partial charge in [0.15, 0.2) is 0 Å². The molecule has 0 bridgehead atoms. The molecule has 0 N–H and O–H groups in total. The fourth-order valence-electron chi connectivity index (χ4n) is 2.13. The van der Waals surface area contributed by atoms with Crippen LogP contribution in [0.5, 0.6) is 0 Å². The van der Waals surface area contributed by atoms with E-state index in [1.54, 1.807) is 24.3 Å². The summed E-state index contributed by atoms with van der Waals surface area (Å²) in [7, 11) is 0. The van der Waals surface area contributed by atoms with Crippen LogP contribution in [0.4, 0.5) is 0 Å². The number of halogens is 1. The third kappa shape index (κ3) is 2.65. The second-order valence-corrected chi connectivity index (χ2v) is 4.84. The maximum atomic E-state index is 12.4. The standard InChI is InChI=1S/C14H15ClN2O/c15-7-8-17(13-5-2-6-13)14(18)12-4-1-3-11(9-12)10-16/h1,3-4,9,13H,2,5-8H2. The average Bonchev–Trinajstić information content (AvgIpc) is 2.35. The normalized spacial score (nSPS) is 14.7. The van der Waals surface area contributed by atoms with Gasteiger partial charge >= 0.3 is 0 Å². The lowest BCUT2D eigenvalue weighted by Crippen LogP contribution is -2.45. The Morgan fingerprint density at radius 1 is 1.50 bits per heavy atom. The van der Waals surface area contributed by atoms with Crippen LogP contribution in [-0.2, 0) is 0 Å². The van der Waals surface area contributed by atoms with E-state index in [4.69, 9.17) is 16.9 Å². The highest BCUT2D eigenvalue weighted by molar-refractivity contribution is 6.18. The molecule has 3 nitrogen and oxygen atoms in total. The highest BCUT2D eigenvalue weighted by atomic mass is 35.5. The molecule has 1 aromatic carbocycles. The first-order chi connectivity index (χ1) is 8.76. The van der Waals surface area contributed by atoms with Gasteiger partial charge in [0, 0.05) is 24.0 Å². The zero-order chi connectivity index (χ0) is 13.0. The zero-order valence-corrected chi connectivity index (χ0v) is 10.9. The van der Waals surface area contributed by atoms with Gasteiger partial charge < -0.3 is 4.90 Å². The number of amides is 1. The van der Waals surface area contributed by atoms with E-state index in [0.29, 0.717) is 29.6 Å². The molecule has 2 rings (SSSR count). The largest absolute Gasteiger partial charge is 0.334 e. The number of carbonyl (C=O) groups is 1. The van der Waals surface area contributed by atoms with Crippen molar-refractivity contribution in [3.8, 4) is 6.07 Å². The Balaban J connectivity index is 2.18. The molecule has 1 aromatic rings. The molecular weight excluding hydrogens is 248 g/mol. The van der Waals surface area contributed by atoms with Gasteiger partial charge in [0.05, 0.1) is 11.6 Å². The van der Waals surface area contributed by atoms with Crippen molar-refractivity contribution in [1.29, 1.82) is 5.26 Å². The average molecular weight is 263 g/mol. The Kier molecular flexibility index (Phi) is 4.22. The Morgan fingerprint density at radius 3 is 2.83 bits per heavy atom. The molecular formula is C14H15ClN2O. The van der Waals surface area contributed by atoms with Gasteiger partial charge in [-0.05, 0) is 37.5 Å². The van der Waals surface area contributed by atoms with E-state index in [1.165, 1.54) is 6.42 Å². The molecule has 0 saturated heterocycles. The van der Waals surface area contributed by atoms with Crippen LogP contribution >= 0.6 is 11.6 Å². The highest BCUT2D eigenvalue weighted by Gasteiger charge is 2.28. The lowest BCUT2D eigenvalue weighted by molar-refractivity contribution is 0.0598. The molecule has 0 spiro atoms. The lowest BCUT2D eigenvalue weighted by Gasteiger charge is -2.37. The predicted octanol–water partition coefficient (Wildman–Crippen LogP) is 2.79. The Morgan fingerprint density at radius 2 is 2.28 bits per heavy atom. The Labute approximate surface area is 112 Å². The second kappa shape index (κ2) is 5.88. The first-order valence-corrected chi connectivity index (χ1v) is 6.67. The van der Waals surface area contributed by atoms with Crippen LogP contribution < -0.4 is 0 Å². The molecule has 1 aliphatic rings. The van der Waals surface area contributed by atoms with E-state index in [2.05, 4.69) is 6.07 Å². The fourth-order valence-corrected chi connectivity index (χ4v) is 2.31. The zero-order valence-electron chi connectivity index (χ0n) is 10.1. The number of rotatable bonds is 4. The van der Waals surface area contributed by atoms with Crippen molar-refractivity contribution in [2.45, 2.75) is 25.3 Å². The van der Waals surface area contributed by atoms with Crippen LogP contribution in [0.3, 0.4) is 0 Å². The van der Waals surface area contributed by atoms with Gasteiger partial charge in [-0.15, -0.1) is 11.6 Å². The topological polar surface area (TPSA) is 44.1 Å². The summed E-state index contributed by atoms with van der Waals surface area (Å²) in [6, 6.07) is 9.21. The van der Waals surface area contributed by atoms with Crippen molar-refractivity contribution in [2.24, 2.45) is 0 Å². The third-order valence-corrected chi connectivity index (χ3v) is 3.51. The van der Waals surface area contributed by atoms with Gasteiger partial charge in [0.25, 0.3) is 5.91 Å². The van der Waals surface area contributed by atoms with E-state index in [-0.39, 0.29) is 5.91 Å². The van der Waals surface area contributed by atoms with Crippen molar-refractivity contribution in [1.82, 2.24) is 4.90 Å². The van der Waals surface area contributed by atoms with Gasteiger partial charge in [-0.1, -0.05) is 6.07 Å². The SMILES string of the molecule is N#Cc1cccc(C(=O)N(CCCl)C2CCC2)c1. The molecule has 0 radical (unpaired) electrons. The van der Waals surface area contributed by atoms with Crippen LogP contribution in [0.15, 0.2) is 24.3 Å². The molecule has 0 aliphatic heterocycles. The van der Waals surface area contributed by atoms with Crippen LogP contribution in [-0.4, -0.2) is 29.3 Å². The molecule has 1 fully saturated rings. The minimum atomic E-state index is -0.0162. The van der Waals surface area contributed by atoms with Crippen molar-refractivity contribution in [3.05, 3.63) is 35.4 Å². The summed E-state index contributed by atoms with van der Waals surface area (Å²) >= 11 is 5.77. The summed E-state index contributed by atoms with van der Waals surface area (Å²) in [5.74, 6) is 0.428. The smallest absolute Gasteiger partial charge is 0.254 e. The Hall–Kier alpha value is -1.53. The Bertz CT molecular complexity index is 477. The van der Waals surface area contributed by atoms with Crippen LogP contribution in [0, 0.1) is 11.3 Å². The number of nitriles is 1. The molecule has 1 saturated carbocycles. The highest BCUT2D eigenvalue weighted by Crippen LogP contribution is 2.26. The number of nitrogens with zero attached hydrogens (tertiary/aromatic N) is 2. The summed E-state index contributed by atoms with van der Waals surface area (Å²) < 4.78 is 0. The number of benzene rings is 1. The summed E-state index contributed by atoms with van der Waals surface area (Å²) in [6.07, 6.45) is 3.29. The van der Waals surface area contributed by atoms with Crippen LogP contribution in [0.2, 0.25) is 0 Å². The molecule has 0 heterocycles. The van der Waals surface area contributed by atoms with Crippen molar-refractivity contribution < 1.29 is 4.79 Å². The van der Waals surface area contributed by atoms with Gasteiger partial charge in [-0.2, -0.15) is 5.26 Å². The first kappa shape index (κ1) is 12.9. The maximum absolute atomic E-state index is 12.4. The van der Waals surface area contributed by atoms with Gasteiger partial charge in [0.2, 0.25) is 0 Å². The number of carbonyl (C=O) groups excluding carboxylic acids is 1. The second-order valence-electron chi connectivity index (χ2n) is 4.46. The molecule has 18 heavy (non-hydrogen) atoms. The summed E-state index contributed by atoms with van der Waals surface area (Å²) in [5, 5.41) is 8.86. The van der Waals surface area contributed by atoms with E-state index < -0.39 is 0 Å². The van der Waals surface area contributed by atoms with E-state index in [9.17, 15) is 4.79 Å². The first-order valence-electron chi connectivity index (χ1n) is 6.13. The third-order valence-electron chi connectivity index (χ3n) is 3.34. The van der Waals surface area contributed by atoms with Crippen LogP contribution in [0.25, 0.3) is 0 Å². The molecule has 1 amide bonds. The van der Waals surface area contributed by atoms with E-state index >= 15 is 0 Å². The monoisotopic (exact) mass is 262 g/mol. The molecule has 0 atom stereocenters. The fraction of sp³-hybridized carbons (Fsp3) is 0.429. The van der Waals surface area contributed by atoms with Crippen LogP contribution in [0.1, 0.15) is 35.2 Å². The van der Waals surface area contributed by atoms with Crippen molar-refractivity contribution >= 4 is 17.5 Å². The van der Waals surface area contributed by atoms with Gasteiger partial charge in [-0.25, -0.2) is 0 Å². The quantitative estimate of drug-likeness (QED) is 0.783. The minimum Gasteiger partial charge on any atom is -0.334 e. The van der Waals surface area contributed by atoms with Gasteiger partial charge in [-0.3, -0.25) is 4.79 Å². The van der Waals surface area contributed by atoms with E-state index in [0.717, 1.165) is 12.8 Å². The summed E-state index contributed by atoms with van der Waals surface area (Å²) in [4.78, 5) is 14.2. The molecule has 0 unspecified atom stereocenters. The number of hydrogen-bond acceptors (Lipinski definition) is 2.